The van der Waals surface area contributed by atoms with Gasteiger partial charge in [0, 0.05) is 0 Å². The van der Waals surface area contributed by atoms with Crippen LogP contribution in [0.1, 0.15) is 12.8 Å². The molecule has 0 radical (unpaired) electrons. The van der Waals surface area contributed by atoms with Gasteiger partial charge in [0.1, 0.15) is 11.2 Å². The maximum Gasteiger partial charge on any atom is 0.322 e. The van der Waals surface area contributed by atoms with Crippen LogP contribution in [0.3, 0.4) is 0 Å². The van der Waals surface area contributed by atoms with Crippen LogP contribution in [0.5, 0.6) is 5.75 Å². The second-order valence-electron chi connectivity index (χ2n) is 6.39. The molecule has 3 unspecified atom stereocenters. The summed E-state index contributed by atoms with van der Waals surface area (Å²) < 4.78 is 5.55. The van der Waals surface area contributed by atoms with Gasteiger partial charge in [-0.1, -0.05) is 42.5 Å². The third kappa shape index (κ3) is 2.13. The number of allylic oxidation sites excluding steroid dienone is 1. The van der Waals surface area contributed by atoms with Crippen LogP contribution in [0.15, 0.2) is 54.6 Å². The summed E-state index contributed by atoms with van der Waals surface area (Å²) in [5, 5.41) is 11.5. The number of carbonyl (C=O) groups is 2. The molecule has 2 aromatic rings. The Bertz CT molecular complexity index is 838. The zero-order chi connectivity index (χ0) is 16.0. The topological polar surface area (TPSA) is 63.6 Å². The molecule has 0 saturated heterocycles. The number of carbonyl (C=O) groups excluding carboxylic acids is 1. The quantitative estimate of drug-likeness (QED) is 0.536. The fraction of sp³-hybridized carbons (Fsp3) is 0.263. The van der Waals surface area contributed by atoms with E-state index in [1.54, 1.807) is 12.1 Å². The van der Waals surface area contributed by atoms with E-state index in [1.807, 2.05) is 42.5 Å². The first-order chi connectivity index (χ1) is 11.1. The Morgan fingerprint density at radius 2 is 1.91 bits per heavy atom. The lowest BCUT2D eigenvalue weighted by molar-refractivity contribution is -0.155. The molecule has 1 saturated carbocycles. The Morgan fingerprint density at radius 1 is 1.13 bits per heavy atom. The van der Waals surface area contributed by atoms with Gasteiger partial charge in [-0.25, -0.2) is 0 Å². The van der Waals surface area contributed by atoms with E-state index in [9.17, 15) is 14.7 Å². The monoisotopic (exact) mass is 308 g/mol. The van der Waals surface area contributed by atoms with Gasteiger partial charge >= 0.3 is 11.9 Å². The van der Waals surface area contributed by atoms with E-state index in [0.717, 1.165) is 10.8 Å². The minimum Gasteiger partial charge on any atom is -0.481 e. The number of hydrogen-bond acceptors (Lipinski definition) is 3. The van der Waals surface area contributed by atoms with Crippen LogP contribution in [-0.2, 0) is 9.59 Å². The van der Waals surface area contributed by atoms with E-state index in [0.29, 0.717) is 18.6 Å². The van der Waals surface area contributed by atoms with Crippen LogP contribution in [0, 0.1) is 17.3 Å². The average Bonchev–Trinajstić information content (AvgIpc) is 3.14. The van der Waals surface area contributed by atoms with E-state index >= 15 is 0 Å². The van der Waals surface area contributed by atoms with Gasteiger partial charge < -0.3 is 9.84 Å². The van der Waals surface area contributed by atoms with Crippen LogP contribution >= 0.6 is 0 Å². The minimum atomic E-state index is -1.01. The largest absolute Gasteiger partial charge is 0.481 e. The Balaban J connectivity index is 1.64. The third-order valence-corrected chi connectivity index (χ3v) is 5.04. The molecule has 0 aliphatic heterocycles. The molecule has 2 aliphatic rings. The summed E-state index contributed by atoms with van der Waals surface area (Å²) in [4.78, 5) is 24.2. The molecule has 2 aromatic carbocycles. The van der Waals surface area contributed by atoms with Crippen molar-refractivity contribution in [2.24, 2.45) is 17.3 Å². The summed E-state index contributed by atoms with van der Waals surface area (Å²) in [6, 6.07) is 13.3. The van der Waals surface area contributed by atoms with Crippen molar-refractivity contribution in [2.75, 3.05) is 0 Å². The maximum atomic E-state index is 12.7. The summed E-state index contributed by atoms with van der Waals surface area (Å²) in [5.74, 6) is -1.45. The molecule has 0 heterocycles. The van der Waals surface area contributed by atoms with Crippen molar-refractivity contribution in [2.45, 2.75) is 12.8 Å². The Kier molecular flexibility index (Phi) is 3.01. The van der Waals surface area contributed by atoms with E-state index in [-0.39, 0.29) is 5.92 Å². The second-order valence-corrected chi connectivity index (χ2v) is 6.39. The molecule has 23 heavy (non-hydrogen) atoms. The number of carboxylic acids is 1. The van der Waals surface area contributed by atoms with Crippen LogP contribution in [0.25, 0.3) is 10.8 Å². The number of benzene rings is 2. The Hall–Kier alpha value is -2.62. The van der Waals surface area contributed by atoms with Crippen molar-refractivity contribution < 1.29 is 19.4 Å². The highest BCUT2D eigenvalue weighted by Gasteiger charge is 2.58. The molecular formula is C19H16O4. The van der Waals surface area contributed by atoms with Crippen molar-refractivity contribution in [1.29, 1.82) is 0 Å². The predicted molar refractivity (Wildman–Crippen MR) is 85.0 cm³/mol. The molecule has 0 aromatic heterocycles. The summed E-state index contributed by atoms with van der Waals surface area (Å²) in [7, 11) is 0. The molecule has 0 amide bonds. The van der Waals surface area contributed by atoms with Crippen molar-refractivity contribution in [3.8, 4) is 5.75 Å². The molecule has 116 valence electrons. The summed E-state index contributed by atoms with van der Waals surface area (Å²) in [6.07, 6.45) is 4.74. The predicted octanol–water partition coefficient (Wildman–Crippen LogP) is 3.41. The van der Waals surface area contributed by atoms with E-state index < -0.39 is 23.3 Å². The molecule has 4 nitrogen and oxygen atoms in total. The van der Waals surface area contributed by atoms with E-state index in [4.69, 9.17) is 4.74 Å². The van der Waals surface area contributed by atoms with Crippen LogP contribution in [-0.4, -0.2) is 17.0 Å². The van der Waals surface area contributed by atoms with Gasteiger partial charge in [-0.3, -0.25) is 9.59 Å². The first-order valence-corrected chi connectivity index (χ1v) is 7.72. The number of aliphatic carboxylic acids is 1. The van der Waals surface area contributed by atoms with Gasteiger partial charge in [0.15, 0.2) is 0 Å². The fourth-order valence-electron chi connectivity index (χ4n) is 3.86. The molecule has 4 rings (SSSR count). The minimum absolute atomic E-state index is 0.167. The Labute approximate surface area is 133 Å². The zero-order valence-electron chi connectivity index (χ0n) is 12.4. The third-order valence-electron chi connectivity index (χ3n) is 5.04. The number of ether oxygens (including phenoxy) is 1. The number of fused-ring (bicyclic) bond motifs is 3. The second kappa shape index (κ2) is 4.95. The van der Waals surface area contributed by atoms with E-state index in [1.165, 1.54) is 0 Å². The average molecular weight is 308 g/mol. The normalized spacial score (nSPS) is 28.2. The van der Waals surface area contributed by atoms with Gasteiger partial charge in [-0.2, -0.15) is 0 Å². The van der Waals surface area contributed by atoms with E-state index in [2.05, 4.69) is 0 Å². The van der Waals surface area contributed by atoms with Crippen LogP contribution in [0.4, 0.5) is 0 Å². The lowest BCUT2D eigenvalue weighted by Gasteiger charge is -2.27. The van der Waals surface area contributed by atoms with Crippen molar-refractivity contribution >= 4 is 22.7 Å². The zero-order valence-corrected chi connectivity index (χ0v) is 12.4. The number of carboxylic acid groups (broad SMARTS) is 1. The Morgan fingerprint density at radius 3 is 2.65 bits per heavy atom. The van der Waals surface area contributed by atoms with Crippen molar-refractivity contribution in [3.63, 3.8) is 0 Å². The molecule has 2 bridgehead atoms. The number of esters is 1. The first kappa shape index (κ1) is 14.0. The van der Waals surface area contributed by atoms with Crippen molar-refractivity contribution in [3.05, 3.63) is 54.6 Å². The van der Waals surface area contributed by atoms with Crippen LogP contribution < -0.4 is 4.74 Å². The SMILES string of the molecule is O=C(O)C1CC2C=CC1(C(=O)Oc1ccc3ccccc3c1)C2. The fourth-order valence-corrected chi connectivity index (χ4v) is 3.86. The summed E-state index contributed by atoms with van der Waals surface area (Å²) in [6.45, 7) is 0. The van der Waals surface area contributed by atoms with Gasteiger partial charge in [0.05, 0.1) is 5.92 Å². The summed E-state index contributed by atoms with van der Waals surface area (Å²) >= 11 is 0. The standard InChI is InChI=1S/C19H16O4/c20-17(21)16-9-12-7-8-19(16,11-12)18(22)23-15-6-5-13-3-1-2-4-14(13)10-15/h1-8,10,12,16H,9,11H2,(H,20,21). The lowest BCUT2D eigenvalue weighted by atomic mass is 9.78. The van der Waals surface area contributed by atoms with Gasteiger partial charge in [-0.05, 0) is 41.7 Å². The smallest absolute Gasteiger partial charge is 0.322 e. The molecule has 2 aliphatic carbocycles. The molecule has 0 spiro atoms. The molecule has 3 atom stereocenters. The number of rotatable bonds is 3. The molecular weight excluding hydrogens is 292 g/mol. The molecule has 4 heteroatoms. The van der Waals surface area contributed by atoms with Crippen molar-refractivity contribution in [1.82, 2.24) is 0 Å². The summed E-state index contributed by atoms with van der Waals surface area (Å²) in [5.41, 5.74) is -1.01. The van der Waals surface area contributed by atoms with Gasteiger partial charge in [0.25, 0.3) is 0 Å². The highest BCUT2D eigenvalue weighted by atomic mass is 16.5. The van der Waals surface area contributed by atoms with Gasteiger partial charge in [-0.15, -0.1) is 0 Å². The molecule has 1 fully saturated rings. The highest BCUT2D eigenvalue weighted by Crippen LogP contribution is 2.54. The van der Waals surface area contributed by atoms with Gasteiger partial charge in [0.2, 0.25) is 0 Å². The van der Waals surface area contributed by atoms with Crippen LogP contribution in [0.2, 0.25) is 0 Å². The highest BCUT2D eigenvalue weighted by molar-refractivity contribution is 5.90. The first-order valence-electron chi connectivity index (χ1n) is 7.72. The lowest BCUT2D eigenvalue weighted by Crippen LogP contribution is -2.39. The number of hydrogen-bond donors (Lipinski definition) is 1. The maximum absolute atomic E-state index is 12.7. The molecule has 1 N–H and O–H groups in total.